The number of nitrogens with one attached hydrogen (secondary N) is 1. The van der Waals surface area contributed by atoms with Gasteiger partial charge < -0.3 is 15.0 Å². The zero-order valence-electron chi connectivity index (χ0n) is 26.0. The van der Waals surface area contributed by atoms with Crippen molar-refractivity contribution < 1.29 is 22.7 Å². The van der Waals surface area contributed by atoms with Crippen LogP contribution < -0.4 is 14.4 Å². The molecule has 0 aliphatic heterocycles. The van der Waals surface area contributed by atoms with Crippen molar-refractivity contribution in [3.05, 3.63) is 119 Å². The summed E-state index contributed by atoms with van der Waals surface area (Å²) < 4.78 is 36.1. The summed E-state index contributed by atoms with van der Waals surface area (Å²) in [7, 11) is -4.19. The summed E-state index contributed by atoms with van der Waals surface area (Å²) in [5, 5.41) is 2.94. The molecule has 8 nitrogen and oxygen atoms in total. The number of nitrogens with zero attached hydrogens (tertiary/aromatic N) is 2. The van der Waals surface area contributed by atoms with Crippen LogP contribution in [0.1, 0.15) is 38.8 Å². The average molecular weight is 693 g/mol. The van der Waals surface area contributed by atoms with Crippen molar-refractivity contribution in [2.45, 2.75) is 57.6 Å². The molecular weight excluding hydrogens is 654 g/mol. The molecule has 4 aromatic rings. The quantitative estimate of drug-likeness (QED) is 0.181. The lowest BCUT2D eigenvalue weighted by molar-refractivity contribution is -0.140. The van der Waals surface area contributed by atoms with Crippen molar-refractivity contribution in [2.75, 3.05) is 10.8 Å². The number of anilines is 1. The summed E-state index contributed by atoms with van der Waals surface area (Å²) in [6.45, 7) is 8.67. The van der Waals surface area contributed by atoms with Crippen LogP contribution in [0.5, 0.6) is 11.5 Å². The Morgan fingerprint density at radius 3 is 2.00 bits per heavy atom. The molecular formula is C35H38BrN3O5S. The lowest BCUT2D eigenvalue weighted by atomic mass is 10.1. The van der Waals surface area contributed by atoms with E-state index in [-0.39, 0.29) is 23.0 Å². The van der Waals surface area contributed by atoms with Crippen LogP contribution in [0.15, 0.2) is 112 Å². The van der Waals surface area contributed by atoms with E-state index in [4.69, 9.17) is 4.74 Å². The molecule has 45 heavy (non-hydrogen) atoms. The van der Waals surface area contributed by atoms with E-state index < -0.39 is 34.1 Å². The average Bonchev–Trinajstić information content (AvgIpc) is 2.99. The maximum Gasteiger partial charge on any atom is 0.264 e. The predicted molar refractivity (Wildman–Crippen MR) is 181 cm³/mol. The van der Waals surface area contributed by atoms with E-state index in [2.05, 4.69) is 21.2 Å². The van der Waals surface area contributed by atoms with Gasteiger partial charge in [-0.15, -0.1) is 0 Å². The monoisotopic (exact) mass is 691 g/mol. The van der Waals surface area contributed by atoms with Crippen LogP contribution >= 0.6 is 15.9 Å². The van der Waals surface area contributed by atoms with Crippen LogP contribution in [-0.2, 0) is 26.2 Å². The van der Waals surface area contributed by atoms with E-state index in [9.17, 15) is 18.0 Å². The molecule has 0 radical (unpaired) electrons. The molecule has 4 aromatic carbocycles. The van der Waals surface area contributed by atoms with E-state index in [1.54, 1.807) is 43.3 Å². The molecule has 0 unspecified atom stereocenters. The number of carbonyl (C=O) groups excluding carboxylic acids is 2. The number of ether oxygens (including phenoxy) is 1. The molecule has 0 aromatic heterocycles. The van der Waals surface area contributed by atoms with Crippen LogP contribution in [0.25, 0.3) is 0 Å². The SMILES string of the molecule is Cc1ccc(S(=O)(=O)N(CC(=O)N(Cc2ccc(Br)cc2)[C@H](C)C(=O)NC(C)(C)C)c2ccc(Oc3ccccc3)cc2)cc1. The van der Waals surface area contributed by atoms with Gasteiger partial charge in [-0.25, -0.2) is 8.42 Å². The highest BCUT2D eigenvalue weighted by Gasteiger charge is 2.33. The van der Waals surface area contributed by atoms with Gasteiger partial charge >= 0.3 is 0 Å². The third-order valence-corrected chi connectivity index (χ3v) is 9.24. The second kappa shape index (κ2) is 14.3. The minimum atomic E-state index is -4.19. The molecule has 0 aliphatic rings. The number of para-hydroxylation sites is 1. The van der Waals surface area contributed by atoms with Crippen LogP contribution in [0.3, 0.4) is 0 Å². The summed E-state index contributed by atoms with van der Waals surface area (Å²) in [6, 6.07) is 28.7. The Balaban J connectivity index is 1.71. The van der Waals surface area contributed by atoms with Gasteiger partial charge in [0, 0.05) is 16.6 Å². The molecule has 2 amide bonds. The largest absolute Gasteiger partial charge is 0.457 e. The third kappa shape index (κ3) is 9.18. The summed E-state index contributed by atoms with van der Waals surface area (Å²) >= 11 is 3.43. The Morgan fingerprint density at radius 2 is 1.42 bits per heavy atom. The first-order chi connectivity index (χ1) is 21.2. The zero-order chi connectivity index (χ0) is 32.8. The number of amides is 2. The Kier molecular flexibility index (Phi) is 10.7. The molecule has 1 atom stereocenters. The zero-order valence-corrected chi connectivity index (χ0v) is 28.4. The summed E-state index contributed by atoms with van der Waals surface area (Å²) in [5.74, 6) is 0.266. The maximum absolute atomic E-state index is 14.2. The number of sulfonamides is 1. The second-order valence-electron chi connectivity index (χ2n) is 11.8. The molecule has 0 spiro atoms. The number of hydrogen-bond donors (Lipinski definition) is 1. The van der Waals surface area contributed by atoms with Gasteiger partial charge in [-0.3, -0.25) is 13.9 Å². The summed E-state index contributed by atoms with van der Waals surface area (Å²) in [4.78, 5) is 28.9. The highest BCUT2D eigenvalue weighted by molar-refractivity contribution is 9.10. The first kappa shape index (κ1) is 33.7. The van der Waals surface area contributed by atoms with Crippen molar-refractivity contribution in [3.8, 4) is 11.5 Å². The van der Waals surface area contributed by atoms with Gasteiger partial charge in [0.1, 0.15) is 24.1 Å². The van der Waals surface area contributed by atoms with Crippen molar-refractivity contribution in [2.24, 2.45) is 0 Å². The number of carbonyl (C=O) groups is 2. The fraction of sp³-hybridized carbons (Fsp3) is 0.257. The molecule has 1 N–H and O–H groups in total. The predicted octanol–water partition coefficient (Wildman–Crippen LogP) is 7.08. The van der Waals surface area contributed by atoms with Gasteiger partial charge in [0.25, 0.3) is 10.0 Å². The molecule has 0 heterocycles. The highest BCUT2D eigenvalue weighted by Crippen LogP contribution is 2.29. The highest BCUT2D eigenvalue weighted by atomic mass is 79.9. The minimum Gasteiger partial charge on any atom is -0.457 e. The number of halogens is 1. The number of benzene rings is 4. The fourth-order valence-electron chi connectivity index (χ4n) is 4.51. The van der Waals surface area contributed by atoms with E-state index in [1.807, 2.05) is 82.3 Å². The fourth-order valence-corrected chi connectivity index (χ4v) is 6.19. The Labute approximate surface area is 274 Å². The van der Waals surface area contributed by atoms with Crippen molar-refractivity contribution in [1.29, 1.82) is 0 Å². The van der Waals surface area contributed by atoms with Crippen molar-refractivity contribution >= 4 is 43.5 Å². The topological polar surface area (TPSA) is 96.0 Å². The lowest BCUT2D eigenvalue weighted by Gasteiger charge is -2.33. The summed E-state index contributed by atoms with van der Waals surface area (Å²) in [6.07, 6.45) is 0. The molecule has 0 saturated carbocycles. The molecule has 0 saturated heterocycles. The van der Waals surface area contributed by atoms with Crippen LogP contribution in [0.4, 0.5) is 5.69 Å². The van der Waals surface area contributed by atoms with E-state index >= 15 is 0 Å². The third-order valence-electron chi connectivity index (χ3n) is 6.92. The first-order valence-corrected chi connectivity index (χ1v) is 16.7. The molecule has 0 fully saturated rings. The molecule has 0 bridgehead atoms. The van der Waals surface area contributed by atoms with Gasteiger partial charge in [-0.05, 0) is 101 Å². The minimum absolute atomic E-state index is 0.0449. The second-order valence-corrected chi connectivity index (χ2v) is 14.6. The maximum atomic E-state index is 14.2. The van der Waals surface area contributed by atoms with Crippen LogP contribution in [-0.4, -0.2) is 43.3 Å². The van der Waals surface area contributed by atoms with Crippen LogP contribution in [0.2, 0.25) is 0 Å². The number of rotatable bonds is 11. The number of hydrogen-bond acceptors (Lipinski definition) is 5. The molecule has 10 heteroatoms. The van der Waals surface area contributed by atoms with Crippen molar-refractivity contribution in [3.63, 3.8) is 0 Å². The Morgan fingerprint density at radius 1 is 0.844 bits per heavy atom. The van der Waals surface area contributed by atoms with Gasteiger partial charge in [0.15, 0.2) is 0 Å². The Hall–Kier alpha value is -4.15. The van der Waals surface area contributed by atoms with Crippen LogP contribution in [0, 0.1) is 6.92 Å². The molecule has 4 rings (SSSR count). The van der Waals surface area contributed by atoms with E-state index in [1.165, 1.54) is 17.0 Å². The smallest absolute Gasteiger partial charge is 0.264 e. The Bertz CT molecular complexity index is 1700. The number of aryl methyl sites for hydroxylation is 1. The van der Waals surface area contributed by atoms with E-state index in [0.29, 0.717) is 11.5 Å². The lowest BCUT2D eigenvalue weighted by Crippen LogP contribution is -2.54. The van der Waals surface area contributed by atoms with Gasteiger partial charge in [0.2, 0.25) is 11.8 Å². The standard InChI is InChI=1S/C35H38BrN3O5S/c1-25-11-21-32(22-12-25)45(42,43)39(29-17-19-31(20-18-29)44-30-9-7-6-8-10-30)24-33(40)38(23-27-13-15-28(36)16-14-27)26(2)34(41)37-35(3,4)5/h6-22,26H,23-24H2,1-5H3,(H,37,41)/t26-/m1/s1. The first-order valence-electron chi connectivity index (χ1n) is 14.5. The normalized spacial score (nSPS) is 12.2. The van der Waals surface area contributed by atoms with Gasteiger partial charge in [0.05, 0.1) is 10.6 Å². The van der Waals surface area contributed by atoms with Gasteiger partial charge in [-0.2, -0.15) is 0 Å². The molecule has 0 aliphatic carbocycles. The van der Waals surface area contributed by atoms with Crippen molar-refractivity contribution in [1.82, 2.24) is 10.2 Å². The molecule has 236 valence electrons. The van der Waals surface area contributed by atoms with E-state index in [0.717, 1.165) is 19.9 Å². The van der Waals surface area contributed by atoms with Gasteiger partial charge in [-0.1, -0.05) is 64.0 Å². The summed E-state index contributed by atoms with van der Waals surface area (Å²) in [5.41, 5.74) is 1.44.